The Bertz CT molecular complexity index is 732. The summed E-state index contributed by atoms with van der Waals surface area (Å²) in [4.78, 5) is 21.8. The number of carbonyl (C=O) groups is 1. The third-order valence-electron chi connectivity index (χ3n) is 2.84. The van der Waals surface area contributed by atoms with E-state index < -0.39 is 22.5 Å². The predicted molar refractivity (Wildman–Crippen MR) is 72.1 cm³/mol. The van der Waals surface area contributed by atoms with Gasteiger partial charge in [-0.3, -0.25) is 14.9 Å². The van der Waals surface area contributed by atoms with Crippen molar-refractivity contribution in [1.82, 2.24) is 0 Å². The zero-order valence-electron chi connectivity index (χ0n) is 10.9. The van der Waals surface area contributed by atoms with Crippen molar-refractivity contribution in [3.05, 3.63) is 69.3 Å². The van der Waals surface area contributed by atoms with E-state index in [1.54, 1.807) is 0 Å². The Morgan fingerprint density at radius 2 is 1.86 bits per heavy atom. The minimum Gasteiger partial charge on any atom is -0.319 e. The Balaban J connectivity index is 2.28. The quantitative estimate of drug-likeness (QED) is 0.695. The smallest absolute Gasteiger partial charge is 0.271 e. The number of hydrogen-bond acceptors (Lipinski definition) is 3. The zero-order valence-corrected chi connectivity index (χ0v) is 10.9. The topological polar surface area (TPSA) is 72.2 Å². The first-order valence-corrected chi connectivity index (χ1v) is 5.90. The van der Waals surface area contributed by atoms with Crippen LogP contribution in [0.1, 0.15) is 15.9 Å². The number of nitrogens with zero attached hydrogens (tertiary/aromatic N) is 1. The lowest BCUT2D eigenvalue weighted by Crippen LogP contribution is -2.13. The summed E-state index contributed by atoms with van der Waals surface area (Å²) in [6.07, 6.45) is 0. The highest BCUT2D eigenvalue weighted by atomic mass is 19.1. The van der Waals surface area contributed by atoms with E-state index in [1.165, 1.54) is 19.1 Å². The minimum absolute atomic E-state index is 0.0102. The second kappa shape index (κ2) is 5.66. The van der Waals surface area contributed by atoms with Crippen LogP contribution < -0.4 is 5.32 Å². The first-order chi connectivity index (χ1) is 9.88. The lowest BCUT2D eigenvalue weighted by molar-refractivity contribution is -0.384. The van der Waals surface area contributed by atoms with Gasteiger partial charge in [-0.15, -0.1) is 0 Å². The lowest BCUT2D eigenvalue weighted by atomic mass is 10.1. The molecule has 0 aliphatic heterocycles. The molecule has 0 unspecified atom stereocenters. The van der Waals surface area contributed by atoms with Gasteiger partial charge in [0.05, 0.1) is 10.6 Å². The van der Waals surface area contributed by atoms with Crippen LogP contribution in [0.3, 0.4) is 0 Å². The number of amides is 1. The first-order valence-electron chi connectivity index (χ1n) is 5.90. The van der Waals surface area contributed by atoms with Crippen molar-refractivity contribution in [3.63, 3.8) is 0 Å². The fourth-order valence-electron chi connectivity index (χ4n) is 1.65. The van der Waals surface area contributed by atoms with Crippen LogP contribution in [0.4, 0.5) is 20.2 Å². The summed E-state index contributed by atoms with van der Waals surface area (Å²) in [6.45, 7) is 1.54. The number of anilines is 1. The van der Waals surface area contributed by atoms with Crippen LogP contribution in [0.2, 0.25) is 0 Å². The van der Waals surface area contributed by atoms with Gasteiger partial charge in [0.2, 0.25) is 0 Å². The van der Waals surface area contributed by atoms with Crippen molar-refractivity contribution >= 4 is 17.3 Å². The maximum Gasteiger partial charge on any atom is 0.271 e. The van der Waals surface area contributed by atoms with Crippen molar-refractivity contribution in [2.75, 3.05) is 5.32 Å². The van der Waals surface area contributed by atoms with Crippen molar-refractivity contribution in [3.8, 4) is 0 Å². The van der Waals surface area contributed by atoms with Gasteiger partial charge in [-0.1, -0.05) is 6.07 Å². The number of carbonyl (C=O) groups excluding carboxylic acids is 1. The number of hydrogen-bond donors (Lipinski definition) is 1. The molecular formula is C14H10F2N2O3. The Kier molecular flexibility index (Phi) is 3.93. The third kappa shape index (κ3) is 3.19. The molecule has 0 fully saturated rings. The van der Waals surface area contributed by atoms with Crippen LogP contribution in [0.25, 0.3) is 0 Å². The normalized spacial score (nSPS) is 10.2. The maximum atomic E-state index is 13.5. The molecule has 0 aliphatic rings. The van der Waals surface area contributed by atoms with Crippen molar-refractivity contribution in [1.29, 1.82) is 0 Å². The number of nitro groups is 1. The van der Waals surface area contributed by atoms with Gasteiger partial charge in [0.25, 0.3) is 11.6 Å². The van der Waals surface area contributed by atoms with Crippen LogP contribution >= 0.6 is 0 Å². The molecule has 2 rings (SSSR count). The predicted octanol–water partition coefficient (Wildman–Crippen LogP) is 3.43. The number of aryl methyl sites for hydroxylation is 1. The van der Waals surface area contributed by atoms with E-state index in [4.69, 9.17) is 0 Å². The largest absolute Gasteiger partial charge is 0.319 e. The van der Waals surface area contributed by atoms with Crippen LogP contribution in [-0.2, 0) is 0 Å². The summed E-state index contributed by atoms with van der Waals surface area (Å²) in [5, 5.41) is 12.8. The van der Waals surface area contributed by atoms with Crippen LogP contribution in [0.5, 0.6) is 0 Å². The molecule has 0 spiro atoms. The van der Waals surface area contributed by atoms with Crippen molar-refractivity contribution < 1.29 is 18.5 Å². The van der Waals surface area contributed by atoms with Crippen LogP contribution in [-0.4, -0.2) is 10.8 Å². The molecule has 0 heterocycles. The van der Waals surface area contributed by atoms with E-state index in [9.17, 15) is 23.7 Å². The second-order valence-corrected chi connectivity index (χ2v) is 4.34. The molecule has 0 aromatic heterocycles. The molecule has 5 nitrogen and oxygen atoms in total. The van der Waals surface area contributed by atoms with Gasteiger partial charge in [-0.25, -0.2) is 8.78 Å². The number of nitro benzene ring substituents is 1. The average molecular weight is 292 g/mol. The summed E-state index contributed by atoms with van der Waals surface area (Å²) in [5.41, 5.74) is -0.339. The SMILES string of the molecule is Cc1ccc(C(=O)Nc2cc([N+](=O)[O-])ccc2F)cc1F. The van der Waals surface area contributed by atoms with Crippen molar-refractivity contribution in [2.45, 2.75) is 6.92 Å². The average Bonchev–Trinajstić information content (AvgIpc) is 2.43. The fraction of sp³-hybridized carbons (Fsp3) is 0.0714. The molecule has 0 saturated heterocycles. The highest BCUT2D eigenvalue weighted by molar-refractivity contribution is 6.04. The van der Waals surface area contributed by atoms with Gasteiger partial charge in [0.15, 0.2) is 0 Å². The highest BCUT2D eigenvalue weighted by Gasteiger charge is 2.14. The Morgan fingerprint density at radius 3 is 2.48 bits per heavy atom. The molecule has 7 heteroatoms. The van der Waals surface area contributed by atoms with E-state index in [-0.39, 0.29) is 16.9 Å². The monoisotopic (exact) mass is 292 g/mol. The van der Waals surface area contributed by atoms with Gasteiger partial charge < -0.3 is 5.32 Å². The Labute approximate surface area is 118 Å². The second-order valence-electron chi connectivity index (χ2n) is 4.34. The number of nitrogens with one attached hydrogen (secondary N) is 1. The lowest BCUT2D eigenvalue weighted by Gasteiger charge is -2.07. The van der Waals surface area contributed by atoms with E-state index in [0.29, 0.717) is 5.56 Å². The molecule has 0 radical (unpaired) electrons. The summed E-state index contributed by atoms with van der Waals surface area (Å²) in [7, 11) is 0. The van der Waals surface area contributed by atoms with E-state index in [0.717, 1.165) is 24.3 Å². The Hall–Kier alpha value is -2.83. The molecule has 1 N–H and O–H groups in total. The Morgan fingerprint density at radius 1 is 1.14 bits per heavy atom. The van der Waals surface area contributed by atoms with E-state index in [1.807, 2.05) is 0 Å². The molecular weight excluding hydrogens is 282 g/mol. The summed E-state index contributed by atoms with van der Waals surface area (Å²) in [5.74, 6) is -2.14. The number of rotatable bonds is 3. The van der Waals surface area contributed by atoms with Gasteiger partial charge in [0.1, 0.15) is 11.6 Å². The molecule has 2 aromatic rings. The number of non-ortho nitro benzene ring substituents is 1. The molecule has 21 heavy (non-hydrogen) atoms. The number of halogens is 2. The molecule has 0 bridgehead atoms. The first kappa shape index (κ1) is 14.6. The standard InChI is InChI=1S/C14H10F2N2O3/c1-8-2-3-9(6-12(8)16)14(19)17-13-7-10(18(20)21)4-5-11(13)15/h2-7H,1H3,(H,17,19). The fourth-order valence-corrected chi connectivity index (χ4v) is 1.65. The molecule has 2 aromatic carbocycles. The minimum atomic E-state index is -0.818. The van der Waals surface area contributed by atoms with Gasteiger partial charge >= 0.3 is 0 Å². The van der Waals surface area contributed by atoms with Gasteiger partial charge in [-0.2, -0.15) is 0 Å². The number of benzene rings is 2. The molecule has 0 aliphatic carbocycles. The molecule has 0 atom stereocenters. The highest BCUT2D eigenvalue weighted by Crippen LogP contribution is 2.22. The van der Waals surface area contributed by atoms with Crippen molar-refractivity contribution in [2.24, 2.45) is 0 Å². The van der Waals surface area contributed by atoms with E-state index >= 15 is 0 Å². The van der Waals surface area contributed by atoms with Gasteiger partial charge in [0, 0.05) is 17.7 Å². The zero-order chi connectivity index (χ0) is 15.6. The van der Waals surface area contributed by atoms with Crippen LogP contribution in [0, 0.1) is 28.7 Å². The summed E-state index contributed by atoms with van der Waals surface area (Å²) < 4.78 is 26.9. The molecule has 1 amide bonds. The summed E-state index contributed by atoms with van der Waals surface area (Å²) in [6, 6.07) is 6.56. The van der Waals surface area contributed by atoms with E-state index in [2.05, 4.69) is 5.32 Å². The van der Waals surface area contributed by atoms with Gasteiger partial charge in [-0.05, 0) is 30.7 Å². The van der Waals surface area contributed by atoms with Crippen LogP contribution in [0.15, 0.2) is 36.4 Å². The maximum absolute atomic E-state index is 13.5. The summed E-state index contributed by atoms with van der Waals surface area (Å²) >= 11 is 0. The molecule has 108 valence electrons. The third-order valence-corrected chi connectivity index (χ3v) is 2.84. The molecule has 0 saturated carbocycles.